The molecule has 2 atom stereocenters. The number of rotatable bonds is 7. The summed E-state index contributed by atoms with van der Waals surface area (Å²) in [5.41, 5.74) is 2.74. The lowest BCUT2D eigenvalue weighted by atomic mass is 10.0. The van der Waals surface area contributed by atoms with Crippen molar-refractivity contribution in [1.29, 1.82) is 0 Å². The highest BCUT2D eigenvalue weighted by molar-refractivity contribution is 5.40. The molecule has 110 valence electrons. The van der Waals surface area contributed by atoms with Crippen molar-refractivity contribution >= 4 is 0 Å². The molecule has 2 heteroatoms. The number of hydrogen-bond donors (Lipinski definition) is 1. The molecular formula is C18H27NO. The van der Waals surface area contributed by atoms with Gasteiger partial charge in [0.05, 0.1) is 0 Å². The van der Waals surface area contributed by atoms with E-state index in [-0.39, 0.29) is 0 Å². The molecule has 1 fully saturated rings. The topological polar surface area (TPSA) is 21.3 Å². The molecule has 1 aliphatic heterocycles. The van der Waals surface area contributed by atoms with E-state index in [4.69, 9.17) is 4.74 Å². The standard InChI is InChI=1S/C18H27NO/c1-3-19-17(14-8-9-14)6-4-5-16-12-15-11-13(2)7-10-18(15)20-16/h7,10-11,14,16-17,19H,3-6,8-9,12H2,1-2H3. The number of aryl methyl sites for hydroxylation is 1. The summed E-state index contributed by atoms with van der Waals surface area (Å²) in [6.45, 7) is 5.48. The van der Waals surface area contributed by atoms with Gasteiger partial charge in [0, 0.05) is 12.5 Å². The van der Waals surface area contributed by atoms with Crippen molar-refractivity contribution in [3.05, 3.63) is 29.3 Å². The molecule has 1 saturated carbocycles. The van der Waals surface area contributed by atoms with Crippen LogP contribution in [0.5, 0.6) is 5.75 Å². The highest BCUT2D eigenvalue weighted by atomic mass is 16.5. The van der Waals surface area contributed by atoms with Gasteiger partial charge in [-0.3, -0.25) is 0 Å². The van der Waals surface area contributed by atoms with Crippen molar-refractivity contribution in [2.75, 3.05) is 6.54 Å². The van der Waals surface area contributed by atoms with E-state index in [9.17, 15) is 0 Å². The molecule has 0 aromatic heterocycles. The van der Waals surface area contributed by atoms with Crippen LogP contribution in [-0.4, -0.2) is 18.7 Å². The van der Waals surface area contributed by atoms with Crippen LogP contribution >= 0.6 is 0 Å². The fourth-order valence-corrected chi connectivity index (χ4v) is 3.44. The van der Waals surface area contributed by atoms with Crippen LogP contribution in [0.4, 0.5) is 0 Å². The summed E-state index contributed by atoms with van der Waals surface area (Å²) >= 11 is 0. The normalized spacial score (nSPS) is 22.4. The molecule has 2 aliphatic rings. The van der Waals surface area contributed by atoms with Crippen molar-refractivity contribution in [2.24, 2.45) is 5.92 Å². The van der Waals surface area contributed by atoms with Gasteiger partial charge in [-0.05, 0) is 63.1 Å². The molecule has 2 unspecified atom stereocenters. The fourth-order valence-electron chi connectivity index (χ4n) is 3.44. The van der Waals surface area contributed by atoms with Crippen LogP contribution in [0.3, 0.4) is 0 Å². The highest BCUT2D eigenvalue weighted by Gasteiger charge is 2.30. The summed E-state index contributed by atoms with van der Waals surface area (Å²) in [5.74, 6) is 2.07. The first-order valence-electron chi connectivity index (χ1n) is 8.26. The van der Waals surface area contributed by atoms with Crippen molar-refractivity contribution in [3.63, 3.8) is 0 Å². The molecule has 0 radical (unpaired) electrons. The van der Waals surface area contributed by atoms with Crippen LogP contribution in [0.25, 0.3) is 0 Å². The monoisotopic (exact) mass is 273 g/mol. The van der Waals surface area contributed by atoms with Gasteiger partial charge in [-0.1, -0.05) is 24.6 Å². The molecule has 3 rings (SSSR count). The van der Waals surface area contributed by atoms with E-state index >= 15 is 0 Å². The Morgan fingerprint density at radius 2 is 2.20 bits per heavy atom. The SMILES string of the molecule is CCNC(CCCC1Cc2cc(C)ccc2O1)C1CC1. The third-order valence-electron chi connectivity index (χ3n) is 4.66. The van der Waals surface area contributed by atoms with E-state index in [1.165, 1.54) is 43.2 Å². The number of benzene rings is 1. The number of nitrogens with one attached hydrogen (secondary N) is 1. The first kappa shape index (κ1) is 13.9. The molecule has 1 aromatic carbocycles. The van der Waals surface area contributed by atoms with Crippen LogP contribution in [0.2, 0.25) is 0 Å². The van der Waals surface area contributed by atoms with E-state index in [1.54, 1.807) is 0 Å². The number of fused-ring (bicyclic) bond motifs is 1. The van der Waals surface area contributed by atoms with Gasteiger partial charge in [0.1, 0.15) is 11.9 Å². The van der Waals surface area contributed by atoms with E-state index in [1.807, 2.05) is 0 Å². The van der Waals surface area contributed by atoms with Crippen LogP contribution in [-0.2, 0) is 6.42 Å². The van der Waals surface area contributed by atoms with Crippen LogP contribution < -0.4 is 10.1 Å². The van der Waals surface area contributed by atoms with Gasteiger partial charge in [-0.25, -0.2) is 0 Å². The number of hydrogen-bond acceptors (Lipinski definition) is 2. The van der Waals surface area contributed by atoms with Crippen molar-refractivity contribution in [2.45, 2.75) is 64.5 Å². The average molecular weight is 273 g/mol. The maximum absolute atomic E-state index is 6.06. The lowest BCUT2D eigenvalue weighted by Gasteiger charge is -2.18. The first-order chi connectivity index (χ1) is 9.76. The second-order valence-electron chi connectivity index (χ2n) is 6.49. The van der Waals surface area contributed by atoms with Gasteiger partial charge >= 0.3 is 0 Å². The Bertz CT molecular complexity index is 453. The summed E-state index contributed by atoms with van der Waals surface area (Å²) in [6.07, 6.45) is 8.17. The molecule has 1 heterocycles. The minimum atomic E-state index is 0.410. The molecule has 0 saturated heterocycles. The van der Waals surface area contributed by atoms with Gasteiger partial charge < -0.3 is 10.1 Å². The van der Waals surface area contributed by atoms with Crippen LogP contribution in [0, 0.1) is 12.8 Å². The third kappa shape index (κ3) is 3.35. The van der Waals surface area contributed by atoms with Crippen molar-refractivity contribution in [1.82, 2.24) is 5.32 Å². The van der Waals surface area contributed by atoms with Crippen LogP contribution in [0.1, 0.15) is 50.2 Å². The fraction of sp³-hybridized carbons (Fsp3) is 0.667. The Morgan fingerprint density at radius 1 is 1.35 bits per heavy atom. The smallest absolute Gasteiger partial charge is 0.123 e. The second kappa shape index (κ2) is 6.17. The lowest BCUT2D eigenvalue weighted by Crippen LogP contribution is -2.31. The maximum Gasteiger partial charge on any atom is 0.123 e. The van der Waals surface area contributed by atoms with Crippen molar-refractivity contribution < 1.29 is 4.74 Å². The van der Waals surface area contributed by atoms with E-state index in [2.05, 4.69) is 37.4 Å². The highest BCUT2D eigenvalue weighted by Crippen LogP contribution is 2.35. The summed E-state index contributed by atoms with van der Waals surface area (Å²) in [6, 6.07) is 7.32. The second-order valence-corrected chi connectivity index (χ2v) is 6.49. The molecular weight excluding hydrogens is 246 g/mol. The quantitative estimate of drug-likeness (QED) is 0.814. The predicted molar refractivity (Wildman–Crippen MR) is 83.3 cm³/mol. The lowest BCUT2D eigenvalue weighted by molar-refractivity contribution is 0.213. The summed E-state index contributed by atoms with van der Waals surface area (Å²) in [4.78, 5) is 0. The molecule has 2 nitrogen and oxygen atoms in total. The molecule has 0 bridgehead atoms. The van der Waals surface area contributed by atoms with Gasteiger partial charge in [0.15, 0.2) is 0 Å². The third-order valence-corrected chi connectivity index (χ3v) is 4.66. The predicted octanol–water partition coefficient (Wildman–Crippen LogP) is 3.86. The van der Waals surface area contributed by atoms with Crippen molar-refractivity contribution in [3.8, 4) is 5.75 Å². The Kier molecular flexibility index (Phi) is 4.30. The molecule has 0 amide bonds. The zero-order valence-electron chi connectivity index (χ0n) is 12.8. The Labute approximate surface area is 122 Å². The summed E-state index contributed by atoms with van der Waals surface area (Å²) in [7, 11) is 0. The molecule has 0 spiro atoms. The zero-order chi connectivity index (χ0) is 13.9. The van der Waals surface area contributed by atoms with Gasteiger partial charge in [0.25, 0.3) is 0 Å². The van der Waals surface area contributed by atoms with Gasteiger partial charge in [0.2, 0.25) is 0 Å². The summed E-state index contributed by atoms with van der Waals surface area (Å²) in [5, 5.41) is 3.65. The average Bonchev–Trinajstić information content (AvgIpc) is 3.19. The Hall–Kier alpha value is -1.02. The van der Waals surface area contributed by atoms with E-state index in [0.717, 1.165) is 30.7 Å². The van der Waals surface area contributed by atoms with E-state index in [0.29, 0.717) is 6.10 Å². The zero-order valence-corrected chi connectivity index (χ0v) is 12.8. The van der Waals surface area contributed by atoms with E-state index < -0.39 is 0 Å². The van der Waals surface area contributed by atoms with Gasteiger partial charge in [-0.15, -0.1) is 0 Å². The van der Waals surface area contributed by atoms with Crippen LogP contribution in [0.15, 0.2) is 18.2 Å². The molecule has 1 aliphatic carbocycles. The minimum Gasteiger partial charge on any atom is -0.490 e. The first-order valence-corrected chi connectivity index (χ1v) is 8.26. The molecule has 20 heavy (non-hydrogen) atoms. The number of ether oxygens (including phenoxy) is 1. The van der Waals surface area contributed by atoms with Gasteiger partial charge in [-0.2, -0.15) is 0 Å². The Balaban J connectivity index is 1.44. The summed E-state index contributed by atoms with van der Waals surface area (Å²) < 4.78 is 6.06. The molecule has 1 N–H and O–H groups in total. The maximum atomic E-state index is 6.06. The largest absolute Gasteiger partial charge is 0.490 e. The Morgan fingerprint density at radius 3 is 2.95 bits per heavy atom. The minimum absolute atomic E-state index is 0.410. The molecule has 1 aromatic rings.